The fourth-order valence-corrected chi connectivity index (χ4v) is 2.67. The maximum absolute atomic E-state index is 9.54. The van der Waals surface area contributed by atoms with Crippen LogP contribution in [0.5, 0.6) is 0 Å². The Bertz CT molecular complexity index is 547. The van der Waals surface area contributed by atoms with E-state index in [0.29, 0.717) is 0 Å². The summed E-state index contributed by atoms with van der Waals surface area (Å²) in [4.78, 5) is 4.32. The first kappa shape index (κ1) is 16.1. The Kier molecular flexibility index (Phi) is 6.36. The molecule has 0 amide bonds. The molecular weight excluding hydrogens is 328 g/mol. The highest BCUT2D eigenvalue weighted by Gasteiger charge is 2.12. The minimum Gasteiger partial charge on any atom is -0.396 e. The van der Waals surface area contributed by atoms with Gasteiger partial charge in [-0.1, -0.05) is 34.1 Å². The molecule has 4 heteroatoms. The normalized spacial score (nSPS) is 13.9. The summed E-state index contributed by atoms with van der Waals surface area (Å²) in [5.74, 6) is 0.175. The van der Waals surface area contributed by atoms with Gasteiger partial charge in [-0.05, 0) is 49.1 Å². The lowest BCUT2D eigenvalue weighted by molar-refractivity contribution is 0.218. The lowest BCUT2D eigenvalue weighted by atomic mass is 10.0. The molecule has 112 valence electrons. The van der Waals surface area contributed by atoms with E-state index in [1.54, 1.807) is 6.20 Å². The van der Waals surface area contributed by atoms with Crippen LogP contribution in [0.25, 0.3) is 0 Å². The van der Waals surface area contributed by atoms with Crippen molar-refractivity contribution in [2.45, 2.75) is 19.4 Å². The first-order valence-electron chi connectivity index (χ1n) is 7.18. The molecule has 1 heterocycles. The van der Waals surface area contributed by atoms with Gasteiger partial charge in [0.25, 0.3) is 0 Å². The molecule has 21 heavy (non-hydrogen) atoms. The number of aromatic nitrogens is 1. The third kappa shape index (κ3) is 5.23. The van der Waals surface area contributed by atoms with E-state index in [0.717, 1.165) is 23.1 Å². The van der Waals surface area contributed by atoms with Crippen molar-refractivity contribution in [3.63, 3.8) is 0 Å². The van der Waals surface area contributed by atoms with Crippen LogP contribution in [0.4, 0.5) is 0 Å². The average molecular weight is 349 g/mol. The van der Waals surface area contributed by atoms with Crippen LogP contribution >= 0.6 is 15.9 Å². The summed E-state index contributed by atoms with van der Waals surface area (Å²) in [7, 11) is 0. The van der Waals surface area contributed by atoms with Gasteiger partial charge in [-0.15, -0.1) is 0 Å². The third-order valence-corrected chi connectivity index (χ3v) is 4.04. The molecule has 0 saturated carbocycles. The Morgan fingerprint density at radius 3 is 2.76 bits per heavy atom. The first-order valence-corrected chi connectivity index (χ1v) is 7.98. The third-order valence-electron chi connectivity index (χ3n) is 3.54. The number of hydrogen-bond donors (Lipinski definition) is 2. The van der Waals surface area contributed by atoms with Crippen LogP contribution in [-0.4, -0.2) is 23.2 Å². The fraction of sp³-hybridized carbons (Fsp3) is 0.353. The van der Waals surface area contributed by atoms with Gasteiger partial charge in [-0.2, -0.15) is 0 Å². The van der Waals surface area contributed by atoms with E-state index < -0.39 is 0 Å². The summed E-state index contributed by atoms with van der Waals surface area (Å²) in [6, 6.07) is 14.4. The molecule has 1 aromatic carbocycles. The number of pyridine rings is 1. The molecule has 2 aromatic rings. The van der Waals surface area contributed by atoms with Gasteiger partial charge in [0.1, 0.15) is 0 Å². The van der Waals surface area contributed by atoms with Gasteiger partial charge in [-0.25, -0.2) is 0 Å². The molecule has 0 aliphatic carbocycles. The average Bonchev–Trinajstić information content (AvgIpc) is 2.52. The number of aliphatic hydroxyl groups is 1. The van der Waals surface area contributed by atoms with Crippen LogP contribution < -0.4 is 5.32 Å². The molecule has 0 aliphatic heterocycles. The second-order valence-corrected chi connectivity index (χ2v) is 6.17. The van der Waals surface area contributed by atoms with Gasteiger partial charge in [0.05, 0.1) is 0 Å². The van der Waals surface area contributed by atoms with Crippen molar-refractivity contribution < 1.29 is 5.11 Å². The Labute approximate surface area is 134 Å². The lowest BCUT2D eigenvalue weighted by Crippen LogP contribution is -2.29. The smallest absolute Gasteiger partial charge is 0.0475 e. The first-order chi connectivity index (χ1) is 10.2. The zero-order valence-electron chi connectivity index (χ0n) is 12.2. The molecule has 0 bridgehead atoms. The quantitative estimate of drug-likeness (QED) is 0.806. The zero-order chi connectivity index (χ0) is 15.1. The Morgan fingerprint density at radius 1 is 1.24 bits per heavy atom. The molecule has 2 rings (SSSR count). The zero-order valence-corrected chi connectivity index (χ0v) is 13.8. The maximum Gasteiger partial charge on any atom is 0.0475 e. The summed E-state index contributed by atoms with van der Waals surface area (Å²) < 4.78 is 1.08. The van der Waals surface area contributed by atoms with Crippen molar-refractivity contribution in [1.29, 1.82) is 0 Å². The summed E-state index contributed by atoms with van der Waals surface area (Å²) >= 11 is 3.49. The minimum atomic E-state index is 0.161. The van der Waals surface area contributed by atoms with Gasteiger partial charge in [-0.3, -0.25) is 4.98 Å². The van der Waals surface area contributed by atoms with Gasteiger partial charge in [0.15, 0.2) is 0 Å². The molecule has 2 atom stereocenters. The molecule has 0 spiro atoms. The van der Waals surface area contributed by atoms with E-state index in [1.807, 2.05) is 30.3 Å². The number of aliphatic hydroxyl groups excluding tert-OH is 1. The highest BCUT2D eigenvalue weighted by Crippen LogP contribution is 2.18. The molecule has 1 aromatic heterocycles. The minimum absolute atomic E-state index is 0.161. The topological polar surface area (TPSA) is 45.1 Å². The van der Waals surface area contributed by atoms with Gasteiger partial charge in [0.2, 0.25) is 0 Å². The van der Waals surface area contributed by atoms with E-state index in [-0.39, 0.29) is 18.6 Å². The van der Waals surface area contributed by atoms with Gasteiger partial charge < -0.3 is 10.4 Å². The van der Waals surface area contributed by atoms with E-state index in [2.05, 4.69) is 45.3 Å². The number of hydrogen-bond acceptors (Lipinski definition) is 3. The second kappa shape index (κ2) is 8.27. The van der Waals surface area contributed by atoms with Crippen LogP contribution in [0.1, 0.15) is 24.2 Å². The summed E-state index contributed by atoms with van der Waals surface area (Å²) in [6.45, 7) is 3.06. The van der Waals surface area contributed by atoms with Crippen molar-refractivity contribution >= 4 is 15.9 Å². The Balaban J connectivity index is 1.88. The van der Waals surface area contributed by atoms with Crippen LogP contribution in [0.2, 0.25) is 0 Å². The summed E-state index contributed by atoms with van der Waals surface area (Å²) in [5, 5.41) is 13.0. The van der Waals surface area contributed by atoms with Crippen LogP contribution in [0, 0.1) is 5.92 Å². The predicted octanol–water partition coefficient (Wildman–Crippen LogP) is 3.35. The molecule has 2 unspecified atom stereocenters. The summed E-state index contributed by atoms with van der Waals surface area (Å²) in [5.41, 5.74) is 2.26. The van der Waals surface area contributed by atoms with Crippen LogP contribution in [0.3, 0.4) is 0 Å². The lowest BCUT2D eigenvalue weighted by Gasteiger charge is -2.19. The van der Waals surface area contributed by atoms with Crippen molar-refractivity contribution in [3.05, 3.63) is 64.4 Å². The highest BCUT2D eigenvalue weighted by molar-refractivity contribution is 9.10. The van der Waals surface area contributed by atoms with E-state index >= 15 is 0 Å². The van der Waals surface area contributed by atoms with Crippen molar-refractivity contribution in [3.8, 4) is 0 Å². The standard InChI is InChI=1S/C17H21BrN2O/c1-13(15-5-4-6-16(18)10-15)20-11-14(12-21)9-17-7-2-3-8-19-17/h2-8,10,13-14,20-21H,9,11-12H2,1H3. The summed E-state index contributed by atoms with van der Waals surface area (Å²) in [6.07, 6.45) is 2.58. The number of nitrogens with one attached hydrogen (secondary N) is 1. The molecule has 0 saturated heterocycles. The van der Waals surface area contributed by atoms with Crippen LogP contribution in [0.15, 0.2) is 53.1 Å². The number of halogens is 1. The van der Waals surface area contributed by atoms with E-state index in [9.17, 15) is 5.11 Å². The number of rotatable bonds is 7. The molecule has 0 fully saturated rings. The maximum atomic E-state index is 9.54. The van der Waals surface area contributed by atoms with E-state index in [4.69, 9.17) is 0 Å². The van der Waals surface area contributed by atoms with E-state index in [1.165, 1.54) is 5.56 Å². The fourth-order valence-electron chi connectivity index (χ4n) is 2.25. The van der Waals surface area contributed by atoms with Gasteiger partial charge >= 0.3 is 0 Å². The largest absolute Gasteiger partial charge is 0.396 e. The predicted molar refractivity (Wildman–Crippen MR) is 89.1 cm³/mol. The van der Waals surface area contributed by atoms with Crippen molar-refractivity contribution in [2.75, 3.05) is 13.2 Å². The highest BCUT2D eigenvalue weighted by atomic mass is 79.9. The molecular formula is C17H21BrN2O. The number of benzene rings is 1. The molecule has 2 N–H and O–H groups in total. The van der Waals surface area contributed by atoms with Gasteiger partial charge in [0, 0.05) is 35.6 Å². The monoisotopic (exact) mass is 348 g/mol. The molecule has 3 nitrogen and oxygen atoms in total. The number of nitrogens with zero attached hydrogens (tertiary/aromatic N) is 1. The molecule has 0 radical (unpaired) electrons. The van der Waals surface area contributed by atoms with Crippen molar-refractivity contribution in [1.82, 2.24) is 10.3 Å². The second-order valence-electron chi connectivity index (χ2n) is 5.26. The SMILES string of the molecule is CC(NCC(CO)Cc1ccccn1)c1cccc(Br)c1. The Hall–Kier alpha value is -1.23. The molecule has 0 aliphatic rings. The van der Waals surface area contributed by atoms with Crippen molar-refractivity contribution in [2.24, 2.45) is 5.92 Å². The van der Waals surface area contributed by atoms with Crippen LogP contribution in [-0.2, 0) is 6.42 Å². The Morgan fingerprint density at radius 2 is 2.10 bits per heavy atom.